The zero-order chi connectivity index (χ0) is 21.1. The summed E-state index contributed by atoms with van der Waals surface area (Å²) in [7, 11) is -3.77. The van der Waals surface area contributed by atoms with Gasteiger partial charge in [0.2, 0.25) is 15.9 Å². The van der Waals surface area contributed by atoms with Gasteiger partial charge in [-0.2, -0.15) is 4.31 Å². The first kappa shape index (κ1) is 21.0. The van der Waals surface area contributed by atoms with Crippen LogP contribution in [-0.2, 0) is 14.8 Å². The van der Waals surface area contributed by atoms with Gasteiger partial charge in [-0.05, 0) is 44.0 Å². The van der Waals surface area contributed by atoms with Gasteiger partial charge >= 0.3 is 0 Å². The third kappa shape index (κ3) is 4.55. The van der Waals surface area contributed by atoms with Crippen LogP contribution in [0.4, 0.5) is 5.13 Å². The number of sulfonamides is 1. The summed E-state index contributed by atoms with van der Waals surface area (Å²) in [5, 5.41) is 3.28. The molecule has 0 spiro atoms. The van der Waals surface area contributed by atoms with Crippen molar-refractivity contribution in [1.82, 2.24) is 9.29 Å². The normalized spacial score (nSPS) is 15.5. The van der Waals surface area contributed by atoms with Crippen molar-refractivity contribution in [2.24, 2.45) is 0 Å². The van der Waals surface area contributed by atoms with Crippen molar-refractivity contribution in [2.45, 2.75) is 50.0 Å². The van der Waals surface area contributed by atoms with E-state index in [9.17, 15) is 13.2 Å². The lowest BCUT2D eigenvalue weighted by Gasteiger charge is -2.33. The molecule has 1 saturated carbocycles. The molecule has 1 heterocycles. The smallest absolute Gasteiger partial charge is 0.243 e. The van der Waals surface area contributed by atoms with Crippen molar-refractivity contribution in [3.63, 3.8) is 0 Å². The molecule has 0 radical (unpaired) electrons. The number of aryl methyl sites for hydroxylation is 1. The van der Waals surface area contributed by atoms with Crippen LogP contribution in [-0.4, -0.2) is 36.2 Å². The Morgan fingerprint density at radius 2 is 1.80 bits per heavy atom. The summed E-state index contributed by atoms with van der Waals surface area (Å²) in [6, 6.07) is 14.3. The maximum Gasteiger partial charge on any atom is 0.243 e. The number of aromatic nitrogens is 1. The van der Waals surface area contributed by atoms with E-state index in [0.29, 0.717) is 5.13 Å². The molecule has 0 saturated heterocycles. The molecule has 6 nitrogen and oxygen atoms in total. The summed E-state index contributed by atoms with van der Waals surface area (Å²) < 4.78 is 29.2. The molecule has 1 N–H and O–H groups in total. The van der Waals surface area contributed by atoms with Gasteiger partial charge in [-0.3, -0.25) is 4.79 Å². The minimum atomic E-state index is -3.77. The Bertz CT molecular complexity index is 1100. The summed E-state index contributed by atoms with van der Waals surface area (Å²) in [5.41, 5.74) is 1.81. The van der Waals surface area contributed by atoms with Gasteiger partial charge in [0.1, 0.15) is 0 Å². The molecule has 4 rings (SSSR count). The second-order valence-electron chi connectivity index (χ2n) is 7.69. The molecule has 2 aromatic carbocycles. The molecule has 30 heavy (non-hydrogen) atoms. The molecule has 0 unspecified atom stereocenters. The Hall–Kier alpha value is -2.29. The van der Waals surface area contributed by atoms with Crippen LogP contribution in [0.15, 0.2) is 53.4 Å². The van der Waals surface area contributed by atoms with Gasteiger partial charge in [-0.1, -0.05) is 60.4 Å². The summed E-state index contributed by atoms with van der Waals surface area (Å²) in [6.07, 6.45) is 4.61. The van der Waals surface area contributed by atoms with E-state index in [1.165, 1.54) is 15.6 Å². The number of anilines is 1. The van der Waals surface area contributed by atoms with Crippen LogP contribution in [0, 0.1) is 6.92 Å². The molecule has 1 amide bonds. The van der Waals surface area contributed by atoms with Crippen LogP contribution in [0.1, 0.15) is 37.7 Å². The van der Waals surface area contributed by atoms with E-state index >= 15 is 0 Å². The van der Waals surface area contributed by atoms with E-state index in [1.807, 2.05) is 31.2 Å². The average Bonchev–Trinajstić information content (AvgIpc) is 3.15. The highest BCUT2D eigenvalue weighted by molar-refractivity contribution is 7.89. The maximum absolute atomic E-state index is 13.4. The Morgan fingerprint density at radius 3 is 2.50 bits per heavy atom. The molecular formula is C22H25N3O3S2. The highest BCUT2D eigenvalue weighted by atomic mass is 32.2. The van der Waals surface area contributed by atoms with Crippen molar-refractivity contribution >= 4 is 42.6 Å². The molecule has 0 aliphatic heterocycles. The second-order valence-corrected chi connectivity index (χ2v) is 10.6. The van der Waals surface area contributed by atoms with Crippen LogP contribution >= 0.6 is 11.3 Å². The number of benzene rings is 2. The summed E-state index contributed by atoms with van der Waals surface area (Å²) >= 11 is 1.38. The Labute approximate surface area is 181 Å². The third-order valence-corrected chi connectivity index (χ3v) is 8.31. The second kappa shape index (κ2) is 8.83. The number of carbonyl (C=O) groups is 1. The highest BCUT2D eigenvalue weighted by Crippen LogP contribution is 2.29. The minimum Gasteiger partial charge on any atom is -0.301 e. The van der Waals surface area contributed by atoms with Gasteiger partial charge in [-0.25, -0.2) is 13.4 Å². The lowest BCUT2D eigenvalue weighted by Crippen LogP contribution is -2.45. The number of amides is 1. The molecule has 0 atom stereocenters. The van der Waals surface area contributed by atoms with Crippen molar-refractivity contribution in [3.8, 4) is 0 Å². The molecule has 1 aliphatic rings. The van der Waals surface area contributed by atoms with Crippen LogP contribution in [0.5, 0.6) is 0 Å². The minimum absolute atomic E-state index is 0.161. The van der Waals surface area contributed by atoms with Crippen molar-refractivity contribution in [1.29, 1.82) is 0 Å². The largest absolute Gasteiger partial charge is 0.301 e. The number of thiazole rings is 1. The van der Waals surface area contributed by atoms with E-state index in [-0.39, 0.29) is 23.4 Å². The number of hydrogen-bond donors (Lipinski definition) is 1. The van der Waals surface area contributed by atoms with Crippen LogP contribution in [0.3, 0.4) is 0 Å². The van der Waals surface area contributed by atoms with E-state index in [1.54, 1.807) is 24.3 Å². The molecule has 1 aliphatic carbocycles. The van der Waals surface area contributed by atoms with Gasteiger partial charge in [0.05, 0.1) is 21.7 Å². The van der Waals surface area contributed by atoms with Gasteiger partial charge < -0.3 is 5.32 Å². The van der Waals surface area contributed by atoms with E-state index in [2.05, 4.69) is 10.3 Å². The quantitative estimate of drug-likeness (QED) is 0.605. The Balaban J connectivity index is 1.57. The number of para-hydroxylation sites is 1. The fraction of sp³-hybridized carbons (Fsp3) is 0.364. The first-order chi connectivity index (χ1) is 14.4. The zero-order valence-corrected chi connectivity index (χ0v) is 18.5. The number of carbonyl (C=O) groups excluding carboxylic acids is 1. The van der Waals surface area contributed by atoms with Gasteiger partial charge in [-0.15, -0.1) is 0 Å². The topological polar surface area (TPSA) is 79.4 Å². The number of rotatable bonds is 6. The lowest BCUT2D eigenvalue weighted by molar-refractivity contribution is -0.116. The van der Waals surface area contributed by atoms with E-state index < -0.39 is 10.0 Å². The molecule has 1 fully saturated rings. The lowest BCUT2D eigenvalue weighted by atomic mass is 9.95. The van der Waals surface area contributed by atoms with Gasteiger partial charge in [0.25, 0.3) is 0 Å². The first-order valence-corrected chi connectivity index (χ1v) is 12.4. The third-order valence-electron chi connectivity index (χ3n) is 5.45. The predicted octanol–water partition coefficient (Wildman–Crippen LogP) is 4.57. The Morgan fingerprint density at radius 1 is 1.10 bits per heavy atom. The fourth-order valence-corrected chi connectivity index (χ4v) is 6.37. The van der Waals surface area contributed by atoms with Gasteiger partial charge in [0, 0.05) is 6.04 Å². The van der Waals surface area contributed by atoms with Crippen molar-refractivity contribution in [2.75, 3.05) is 11.9 Å². The van der Waals surface area contributed by atoms with Gasteiger partial charge in [0.15, 0.2) is 5.13 Å². The molecular weight excluding hydrogens is 418 g/mol. The van der Waals surface area contributed by atoms with Crippen molar-refractivity contribution in [3.05, 3.63) is 54.1 Å². The van der Waals surface area contributed by atoms with E-state index in [0.717, 1.165) is 47.9 Å². The highest BCUT2D eigenvalue weighted by Gasteiger charge is 2.34. The number of hydrogen-bond acceptors (Lipinski definition) is 5. The van der Waals surface area contributed by atoms with E-state index in [4.69, 9.17) is 0 Å². The standard InChI is InChI=1S/C22H25N3O3S2/c1-16-11-13-18(14-12-16)30(27,28)25(17-7-3-2-4-8-17)15-21(26)24-22-23-19-9-5-6-10-20(19)29-22/h5-6,9-14,17H,2-4,7-8,15H2,1H3,(H,23,24,26). The Kier molecular flexibility index (Phi) is 6.17. The summed E-state index contributed by atoms with van der Waals surface area (Å²) in [5.74, 6) is -0.365. The van der Waals surface area contributed by atoms with Crippen LogP contribution in [0.2, 0.25) is 0 Å². The number of nitrogens with one attached hydrogen (secondary N) is 1. The molecule has 8 heteroatoms. The summed E-state index contributed by atoms with van der Waals surface area (Å²) in [6.45, 7) is 1.71. The molecule has 1 aromatic heterocycles. The molecule has 158 valence electrons. The molecule has 0 bridgehead atoms. The monoisotopic (exact) mass is 443 g/mol. The first-order valence-electron chi connectivity index (χ1n) is 10.2. The fourth-order valence-electron chi connectivity index (χ4n) is 3.85. The maximum atomic E-state index is 13.4. The van der Waals surface area contributed by atoms with Crippen LogP contribution in [0.25, 0.3) is 10.2 Å². The number of nitrogens with zero attached hydrogens (tertiary/aromatic N) is 2. The molecule has 3 aromatic rings. The average molecular weight is 444 g/mol. The summed E-state index contributed by atoms with van der Waals surface area (Å²) in [4.78, 5) is 17.5. The van der Waals surface area contributed by atoms with Crippen LogP contribution < -0.4 is 5.32 Å². The predicted molar refractivity (Wildman–Crippen MR) is 120 cm³/mol. The zero-order valence-electron chi connectivity index (χ0n) is 16.9. The number of fused-ring (bicyclic) bond motifs is 1. The SMILES string of the molecule is Cc1ccc(S(=O)(=O)N(CC(=O)Nc2nc3ccccc3s2)C2CCCCC2)cc1. The van der Waals surface area contributed by atoms with Crippen molar-refractivity contribution < 1.29 is 13.2 Å².